The lowest BCUT2D eigenvalue weighted by Gasteiger charge is -2.24. The molecule has 1 atom stereocenters. The maximum atomic E-state index is 15.1. The number of quaternary nitrogens is 2. The molecule has 158 valence electrons. The van der Waals surface area contributed by atoms with Gasteiger partial charge in [0.1, 0.15) is 11.4 Å². The number of primary amides is 1. The van der Waals surface area contributed by atoms with E-state index in [0.29, 0.717) is 30.2 Å². The van der Waals surface area contributed by atoms with Crippen molar-refractivity contribution in [1.29, 1.82) is 0 Å². The molecule has 2 aromatic rings. The Hall–Kier alpha value is -1.41. The van der Waals surface area contributed by atoms with Crippen LogP contribution >= 0.6 is 0 Å². The van der Waals surface area contributed by atoms with E-state index >= 15 is 4.39 Å². The SMILES string of the molecule is C[NH+](C)C1CCc2oc3c(F)cc([NH2+]C(=O)OC(C)(C)C)c(F)c3c2C1.[Cl-].[Cl-]. The fourth-order valence-corrected chi connectivity index (χ4v) is 3.45. The molecule has 0 radical (unpaired) electrons. The van der Waals surface area contributed by atoms with Crippen LogP contribution in [0.15, 0.2) is 10.5 Å². The Morgan fingerprint density at radius 3 is 2.50 bits per heavy atom. The average Bonchev–Trinajstić information content (AvgIpc) is 2.89. The number of likely N-dealkylation sites (N-methyl/N-ethyl adjacent to an activating group) is 1. The highest BCUT2D eigenvalue weighted by Gasteiger charge is 2.32. The molecule has 0 saturated heterocycles. The molecule has 0 saturated carbocycles. The first-order valence-electron chi connectivity index (χ1n) is 8.87. The largest absolute Gasteiger partial charge is 1.00 e. The predicted molar refractivity (Wildman–Crippen MR) is 92.6 cm³/mol. The molecule has 1 aliphatic rings. The molecule has 0 spiro atoms. The van der Waals surface area contributed by atoms with Gasteiger partial charge in [0.05, 0.1) is 25.5 Å². The highest BCUT2D eigenvalue weighted by molar-refractivity contribution is 5.86. The molecule has 3 N–H and O–H groups in total. The fourth-order valence-electron chi connectivity index (χ4n) is 3.45. The minimum absolute atomic E-state index is 0. The molecule has 1 aliphatic carbocycles. The molecule has 1 aromatic carbocycles. The van der Waals surface area contributed by atoms with Crippen molar-refractivity contribution in [3.63, 3.8) is 0 Å². The van der Waals surface area contributed by atoms with E-state index in [1.165, 1.54) is 4.90 Å². The lowest BCUT2D eigenvalue weighted by molar-refractivity contribution is -0.886. The maximum Gasteiger partial charge on any atom is 0.518 e. The van der Waals surface area contributed by atoms with Crippen molar-refractivity contribution in [1.82, 2.24) is 0 Å². The summed E-state index contributed by atoms with van der Waals surface area (Å²) in [6.45, 7) is 5.15. The van der Waals surface area contributed by atoms with Gasteiger partial charge < -0.3 is 38.9 Å². The van der Waals surface area contributed by atoms with Gasteiger partial charge in [0.15, 0.2) is 22.9 Å². The summed E-state index contributed by atoms with van der Waals surface area (Å²) in [5, 5.41) is 1.15. The summed E-state index contributed by atoms with van der Waals surface area (Å²) in [5.74, 6) is -0.657. The molecule has 1 amide bonds. The van der Waals surface area contributed by atoms with Crippen LogP contribution in [-0.4, -0.2) is 31.8 Å². The van der Waals surface area contributed by atoms with Crippen LogP contribution in [0.25, 0.3) is 11.0 Å². The Morgan fingerprint density at radius 1 is 1.29 bits per heavy atom. The molecule has 1 aromatic heterocycles. The smallest absolute Gasteiger partial charge is 0.518 e. The Bertz CT molecular complexity index is 863. The van der Waals surface area contributed by atoms with Crippen molar-refractivity contribution in [3.8, 4) is 0 Å². The first-order chi connectivity index (χ1) is 12.1. The van der Waals surface area contributed by atoms with Crippen LogP contribution in [-0.2, 0) is 17.6 Å². The van der Waals surface area contributed by atoms with Crippen LogP contribution in [0.1, 0.15) is 38.5 Å². The number of hydrogen-bond donors (Lipinski definition) is 2. The number of nitrogens with two attached hydrogens (primary N) is 1. The molecule has 1 unspecified atom stereocenters. The number of ether oxygens (including phenoxy) is 1. The molecule has 0 fully saturated rings. The first kappa shape index (κ1) is 24.6. The zero-order chi connectivity index (χ0) is 19.2. The molecule has 5 nitrogen and oxygen atoms in total. The summed E-state index contributed by atoms with van der Waals surface area (Å²) in [4.78, 5) is 13.3. The van der Waals surface area contributed by atoms with E-state index in [2.05, 4.69) is 14.1 Å². The predicted octanol–water partition coefficient (Wildman–Crippen LogP) is -4.15. The van der Waals surface area contributed by atoms with Gasteiger partial charge in [-0.1, -0.05) is 0 Å². The van der Waals surface area contributed by atoms with E-state index < -0.39 is 23.3 Å². The lowest BCUT2D eigenvalue weighted by atomic mass is 9.91. The number of aryl methyl sites for hydroxylation is 1. The number of halogens is 4. The van der Waals surface area contributed by atoms with Gasteiger partial charge in [-0.3, -0.25) is 0 Å². The van der Waals surface area contributed by atoms with Crippen LogP contribution in [0.2, 0.25) is 0 Å². The number of hydrogen-bond acceptors (Lipinski definition) is 3. The number of carbonyl (C=O) groups is 1. The van der Waals surface area contributed by atoms with Crippen LogP contribution in [0.5, 0.6) is 0 Å². The number of benzene rings is 1. The normalized spacial score (nSPS) is 16.4. The second-order valence-electron chi connectivity index (χ2n) is 8.16. The average molecular weight is 439 g/mol. The van der Waals surface area contributed by atoms with E-state index in [1.54, 1.807) is 20.8 Å². The third-order valence-electron chi connectivity index (χ3n) is 4.73. The van der Waals surface area contributed by atoms with Crippen molar-refractivity contribution >= 4 is 22.7 Å². The monoisotopic (exact) mass is 438 g/mol. The maximum absolute atomic E-state index is 15.1. The number of amides is 1. The second kappa shape index (κ2) is 8.95. The van der Waals surface area contributed by atoms with Gasteiger partial charge in [-0.05, 0) is 20.8 Å². The van der Waals surface area contributed by atoms with Gasteiger partial charge >= 0.3 is 6.09 Å². The summed E-state index contributed by atoms with van der Waals surface area (Å²) in [6, 6.07) is 1.31. The van der Waals surface area contributed by atoms with Crippen LogP contribution < -0.4 is 35.0 Å². The summed E-state index contributed by atoms with van der Waals surface area (Å²) in [7, 11) is 4.10. The molecule has 1 heterocycles. The van der Waals surface area contributed by atoms with E-state index in [0.717, 1.165) is 17.8 Å². The van der Waals surface area contributed by atoms with Gasteiger partial charge in [0.2, 0.25) is 0 Å². The minimum Gasteiger partial charge on any atom is -1.00 e. The number of nitrogens with one attached hydrogen (secondary N) is 1. The van der Waals surface area contributed by atoms with Gasteiger partial charge in [-0.25, -0.2) is 9.71 Å². The highest BCUT2D eigenvalue weighted by Crippen LogP contribution is 2.36. The van der Waals surface area contributed by atoms with Crippen LogP contribution in [0.4, 0.5) is 19.3 Å². The van der Waals surface area contributed by atoms with Gasteiger partial charge in [0.25, 0.3) is 0 Å². The Labute approximate surface area is 175 Å². The van der Waals surface area contributed by atoms with Gasteiger partial charge in [0, 0.05) is 30.9 Å². The third-order valence-corrected chi connectivity index (χ3v) is 4.73. The van der Waals surface area contributed by atoms with Crippen LogP contribution in [0.3, 0.4) is 0 Å². The quantitative estimate of drug-likeness (QED) is 0.468. The third kappa shape index (κ3) is 4.95. The van der Waals surface area contributed by atoms with Gasteiger partial charge in [-0.15, -0.1) is 0 Å². The zero-order valence-corrected chi connectivity index (χ0v) is 18.1. The number of rotatable bonds is 2. The van der Waals surface area contributed by atoms with Crippen molar-refractivity contribution in [2.24, 2.45) is 0 Å². The standard InChI is InChI=1S/C19H24F2N2O3.2ClH/c1-19(2,3)26-18(24)22-13-9-12(20)17-15(16(13)21)11-8-10(23(4)5)6-7-14(11)25-17;;/h9-10H,6-8H2,1-5H3,(H,22,24);2*1H. The summed E-state index contributed by atoms with van der Waals surface area (Å²) in [5.41, 5.74) is -0.174. The van der Waals surface area contributed by atoms with Crippen molar-refractivity contribution in [2.45, 2.75) is 51.7 Å². The van der Waals surface area contributed by atoms with E-state index in [-0.39, 0.29) is 41.5 Å². The number of fused-ring (bicyclic) bond motifs is 3. The minimum atomic E-state index is -0.705. The van der Waals surface area contributed by atoms with Crippen molar-refractivity contribution < 1.29 is 57.8 Å². The Balaban J connectivity index is 0.00000196. The molecule has 0 bridgehead atoms. The molecular weight excluding hydrogens is 413 g/mol. The summed E-state index contributed by atoms with van der Waals surface area (Å²) < 4.78 is 40.4. The number of furan rings is 1. The first-order valence-corrected chi connectivity index (χ1v) is 8.87. The number of carbonyl (C=O) groups excluding carboxylic acids is 1. The topological polar surface area (TPSA) is 60.5 Å². The Kier molecular flexibility index (Phi) is 7.87. The van der Waals surface area contributed by atoms with E-state index in [4.69, 9.17) is 9.15 Å². The van der Waals surface area contributed by atoms with E-state index in [1.807, 2.05) is 0 Å². The second-order valence-corrected chi connectivity index (χ2v) is 8.16. The fraction of sp³-hybridized carbons (Fsp3) is 0.526. The molecule has 0 aliphatic heterocycles. The molecular formula is C19H26Cl2F2N2O3. The summed E-state index contributed by atoms with van der Waals surface area (Å²) in [6.07, 6.45) is 1.49. The van der Waals surface area contributed by atoms with Crippen molar-refractivity contribution in [3.05, 3.63) is 29.0 Å². The summed E-state index contributed by atoms with van der Waals surface area (Å²) >= 11 is 0. The zero-order valence-electron chi connectivity index (χ0n) is 16.6. The Morgan fingerprint density at radius 2 is 1.93 bits per heavy atom. The van der Waals surface area contributed by atoms with E-state index in [9.17, 15) is 9.18 Å². The van der Waals surface area contributed by atoms with Crippen LogP contribution in [0, 0.1) is 11.6 Å². The van der Waals surface area contributed by atoms with Crippen molar-refractivity contribution in [2.75, 3.05) is 14.1 Å². The van der Waals surface area contributed by atoms with Gasteiger partial charge in [-0.2, -0.15) is 9.18 Å². The highest BCUT2D eigenvalue weighted by atomic mass is 35.5. The molecule has 28 heavy (non-hydrogen) atoms. The molecule has 3 rings (SSSR count). The molecule has 9 heteroatoms. The lowest BCUT2D eigenvalue weighted by Crippen LogP contribution is -3.10.